The molecule has 3 nitrogen and oxygen atoms in total. The molecular formula is C9H20N2OS. The summed E-state index contributed by atoms with van der Waals surface area (Å²) in [5.41, 5.74) is 5.60. The molecule has 0 saturated carbocycles. The largest absolute Gasteiger partial charge is 0.351 e. The number of nitrogens with one attached hydrogen (secondary N) is 1. The molecule has 78 valence electrons. The van der Waals surface area contributed by atoms with Crippen molar-refractivity contribution in [1.82, 2.24) is 5.32 Å². The SMILES string of the molecule is CCC(CSC)NC(=O)[C@H](N)CC. The molecule has 3 N–H and O–H groups in total. The minimum Gasteiger partial charge on any atom is -0.351 e. The van der Waals surface area contributed by atoms with Crippen molar-refractivity contribution in [2.45, 2.75) is 38.8 Å². The Kier molecular flexibility index (Phi) is 7.09. The molecule has 0 aliphatic rings. The van der Waals surface area contributed by atoms with Gasteiger partial charge in [0, 0.05) is 11.8 Å². The van der Waals surface area contributed by atoms with Crippen LogP contribution in [0.1, 0.15) is 26.7 Å². The summed E-state index contributed by atoms with van der Waals surface area (Å²) in [6.45, 7) is 3.98. The van der Waals surface area contributed by atoms with Crippen LogP contribution in [0, 0.1) is 0 Å². The fourth-order valence-electron chi connectivity index (χ4n) is 0.956. The van der Waals surface area contributed by atoms with Crippen molar-refractivity contribution >= 4 is 17.7 Å². The fraction of sp³-hybridized carbons (Fsp3) is 0.889. The third-order valence-corrected chi connectivity index (χ3v) is 2.72. The Balaban J connectivity index is 3.85. The molecule has 2 atom stereocenters. The Morgan fingerprint density at radius 1 is 1.46 bits per heavy atom. The van der Waals surface area contributed by atoms with Crippen LogP contribution in [-0.2, 0) is 4.79 Å². The average Bonchev–Trinajstić information content (AvgIpc) is 2.15. The van der Waals surface area contributed by atoms with Gasteiger partial charge in [-0.15, -0.1) is 0 Å². The second-order valence-corrected chi connectivity index (χ2v) is 3.99. The van der Waals surface area contributed by atoms with E-state index >= 15 is 0 Å². The Hall–Kier alpha value is -0.220. The molecule has 0 saturated heterocycles. The summed E-state index contributed by atoms with van der Waals surface area (Å²) in [7, 11) is 0. The van der Waals surface area contributed by atoms with Gasteiger partial charge in [-0.25, -0.2) is 0 Å². The van der Waals surface area contributed by atoms with Gasteiger partial charge in [-0.1, -0.05) is 13.8 Å². The second kappa shape index (κ2) is 7.21. The predicted octanol–water partition coefficient (Wildman–Crippen LogP) is 0.981. The zero-order chi connectivity index (χ0) is 10.3. The van der Waals surface area contributed by atoms with Crippen molar-refractivity contribution in [3.05, 3.63) is 0 Å². The number of carbonyl (C=O) groups excluding carboxylic acids is 1. The van der Waals surface area contributed by atoms with Crippen LogP contribution in [0.5, 0.6) is 0 Å². The molecule has 0 aliphatic carbocycles. The number of nitrogens with two attached hydrogens (primary N) is 1. The number of thioether (sulfide) groups is 1. The first-order chi connectivity index (χ1) is 6.15. The van der Waals surface area contributed by atoms with E-state index in [-0.39, 0.29) is 18.0 Å². The number of amides is 1. The zero-order valence-electron chi connectivity index (χ0n) is 8.67. The molecule has 0 aromatic carbocycles. The molecule has 0 spiro atoms. The lowest BCUT2D eigenvalue weighted by Gasteiger charge is -2.18. The minimum absolute atomic E-state index is 0.0246. The van der Waals surface area contributed by atoms with Crippen molar-refractivity contribution in [3.63, 3.8) is 0 Å². The first-order valence-electron chi connectivity index (χ1n) is 4.70. The standard InChI is InChI=1S/C9H20N2OS/c1-4-7(6-13-3)11-9(12)8(10)5-2/h7-8H,4-6,10H2,1-3H3,(H,11,12)/t7?,8-/m1/s1. The van der Waals surface area contributed by atoms with Gasteiger partial charge in [-0.2, -0.15) is 11.8 Å². The van der Waals surface area contributed by atoms with Gasteiger partial charge < -0.3 is 11.1 Å². The van der Waals surface area contributed by atoms with Crippen molar-refractivity contribution in [2.24, 2.45) is 5.73 Å². The molecule has 0 aliphatic heterocycles. The van der Waals surface area contributed by atoms with Gasteiger partial charge in [0.1, 0.15) is 0 Å². The van der Waals surface area contributed by atoms with Gasteiger partial charge in [0.05, 0.1) is 6.04 Å². The van der Waals surface area contributed by atoms with Crippen molar-refractivity contribution in [3.8, 4) is 0 Å². The van der Waals surface area contributed by atoms with E-state index in [4.69, 9.17) is 5.73 Å². The van der Waals surface area contributed by atoms with E-state index in [0.29, 0.717) is 6.42 Å². The van der Waals surface area contributed by atoms with Crippen LogP contribution >= 0.6 is 11.8 Å². The lowest BCUT2D eigenvalue weighted by atomic mass is 10.2. The molecule has 0 heterocycles. The monoisotopic (exact) mass is 204 g/mol. The highest BCUT2D eigenvalue weighted by atomic mass is 32.2. The van der Waals surface area contributed by atoms with Crippen LogP contribution < -0.4 is 11.1 Å². The molecule has 1 amide bonds. The lowest BCUT2D eigenvalue weighted by molar-refractivity contribution is -0.123. The quantitative estimate of drug-likeness (QED) is 0.678. The summed E-state index contributed by atoms with van der Waals surface area (Å²) in [6.07, 6.45) is 3.69. The van der Waals surface area contributed by atoms with Crippen molar-refractivity contribution in [1.29, 1.82) is 0 Å². The number of carbonyl (C=O) groups is 1. The Bertz CT molecular complexity index is 153. The van der Waals surface area contributed by atoms with Crippen LogP contribution in [-0.4, -0.2) is 30.0 Å². The van der Waals surface area contributed by atoms with E-state index < -0.39 is 0 Å². The maximum absolute atomic E-state index is 11.4. The van der Waals surface area contributed by atoms with Gasteiger partial charge in [-0.3, -0.25) is 4.79 Å². The summed E-state index contributed by atoms with van der Waals surface area (Å²) < 4.78 is 0. The molecule has 13 heavy (non-hydrogen) atoms. The highest BCUT2D eigenvalue weighted by Crippen LogP contribution is 2.01. The first kappa shape index (κ1) is 12.8. The van der Waals surface area contributed by atoms with Gasteiger partial charge in [0.15, 0.2) is 0 Å². The molecule has 0 rings (SSSR count). The van der Waals surface area contributed by atoms with Crippen molar-refractivity contribution in [2.75, 3.05) is 12.0 Å². The van der Waals surface area contributed by atoms with E-state index in [9.17, 15) is 4.79 Å². The normalized spacial score (nSPS) is 15.1. The van der Waals surface area contributed by atoms with Crippen LogP contribution in [0.2, 0.25) is 0 Å². The average molecular weight is 204 g/mol. The van der Waals surface area contributed by atoms with Crippen LogP contribution in [0.15, 0.2) is 0 Å². The Labute approximate surface area is 84.8 Å². The molecule has 0 aromatic rings. The van der Waals surface area contributed by atoms with Gasteiger partial charge in [0.25, 0.3) is 0 Å². The van der Waals surface area contributed by atoms with Crippen molar-refractivity contribution < 1.29 is 4.79 Å². The topological polar surface area (TPSA) is 55.1 Å². The summed E-state index contributed by atoms with van der Waals surface area (Å²) in [6, 6.07) is -0.0870. The highest BCUT2D eigenvalue weighted by molar-refractivity contribution is 7.98. The number of hydrogen-bond donors (Lipinski definition) is 2. The first-order valence-corrected chi connectivity index (χ1v) is 6.09. The maximum atomic E-state index is 11.4. The van der Waals surface area contributed by atoms with E-state index in [2.05, 4.69) is 12.2 Å². The Morgan fingerprint density at radius 2 is 2.08 bits per heavy atom. The van der Waals surface area contributed by atoms with Crippen LogP contribution in [0.4, 0.5) is 0 Å². The third-order valence-electron chi connectivity index (χ3n) is 1.98. The molecule has 0 bridgehead atoms. The molecule has 0 fully saturated rings. The molecule has 0 radical (unpaired) electrons. The number of hydrogen-bond acceptors (Lipinski definition) is 3. The van der Waals surface area contributed by atoms with E-state index in [1.165, 1.54) is 0 Å². The predicted molar refractivity (Wildman–Crippen MR) is 58.9 cm³/mol. The van der Waals surface area contributed by atoms with Crippen LogP contribution in [0.25, 0.3) is 0 Å². The highest BCUT2D eigenvalue weighted by Gasteiger charge is 2.14. The Morgan fingerprint density at radius 3 is 2.46 bits per heavy atom. The van der Waals surface area contributed by atoms with Gasteiger partial charge in [0.2, 0.25) is 5.91 Å². The smallest absolute Gasteiger partial charge is 0.237 e. The molecule has 1 unspecified atom stereocenters. The third kappa shape index (κ3) is 5.16. The van der Waals surface area contributed by atoms with E-state index in [0.717, 1.165) is 12.2 Å². The molecule has 4 heteroatoms. The molecular weight excluding hydrogens is 184 g/mol. The summed E-state index contributed by atoms with van der Waals surface area (Å²) in [5, 5.41) is 2.93. The minimum atomic E-state index is -0.351. The second-order valence-electron chi connectivity index (χ2n) is 3.08. The van der Waals surface area contributed by atoms with E-state index in [1.807, 2.05) is 13.2 Å². The van der Waals surface area contributed by atoms with Gasteiger partial charge in [-0.05, 0) is 19.1 Å². The zero-order valence-corrected chi connectivity index (χ0v) is 9.49. The fourth-order valence-corrected chi connectivity index (χ4v) is 1.68. The lowest BCUT2D eigenvalue weighted by Crippen LogP contribution is -2.45. The molecule has 0 aromatic heterocycles. The summed E-state index contributed by atoms with van der Waals surface area (Å²) in [4.78, 5) is 11.4. The maximum Gasteiger partial charge on any atom is 0.237 e. The number of rotatable bonds is 6. The van der Waals surface area contributed by atoms with E-state index in [1.54, 1.807) is 11.8 Å². The summed E-state index contributed by atoms with van der Waals surface area (Å²) >= 11 is 1.74. The van der Waals surface area contributed by atoms with Crippen LogP contribution in [0.3, 0.4) is 0 Å². The van der Waals surface area contributed by atoms with Gasteiger partial charge >= 0.3 is 0 Å². The summed E-state index contributed by atoms with van der Waals surface area (Å²) in [5.74, 6) is 0.932.